The second-order valence-corrected chi connectivity index (χ2v) is 10.8. The Morgan fingerprint density at radius 2 is 1.97 bits per heavy atom. The first-order valence-electron chi connectivity index (χ1n) is 13.0. The van der Waals surface area contributed by atoms with Crippen molar-refractivity contribution in [3.8, 4) is 17.9 Å². The van der Waals surface area contributed by atoms with Crippen LogP contribution in [0.5, 0.6) is 0 Å². The van der Waals surface area contributed by atoms with Gasteiger partial charge in [-0.2, -0.15) is 18.4 Å². The molecule has 0 amide bonds. The van der Waals surface area contributed by atoms with Gasteiger partial charge in [-0.05, 0) is 101 Å². The van der Waals surface area contributed by atoms with Crippen molar-refractivity contribution in [2.24, 2.45) is 5.92 Å². The van der Waals surface area contributed by atoms with Crippen LogP contribution < -0.4 is 5.32 Å². The van der Waals surface area contributed by atoms with Crippen LogP contribution in [0.2, 0.25) is 0 Å². The molecule has 2 aromatic heterocycles. The number of rotatable bonds is 7. The van der Waals surface area contributed by atoms with Gasteiger partial charge < -0.3 is 14.8 Å². The average Bonchev–Trinajstić information content (AvgIpc) is 3.20. The summed E-state index contributed by atoms with van der Waals surface area (Å²) in [4.78, 5) is 6.70. The standard InChI is InChI=1S/C30H34F3N5/c1-29(2,20-34)28-13-11-25(18-36-28)35-14-4-7-26-17-24-16-22(8-9-23-6-5-15-37(3)19-23)10-12-27(24)38(26)21-30(31,32)33/h10-13,16-18,23,35H,5-6,8-9,14-15,19,21H2,1-3H3. The maximum atomic E-state index is 13.4. The largest absolute Gasteiger partial charge is 0.406 e. The third-order valence-electron chi connectivity index (χ3n) is 7.15. The van der Waals surface area contributed by atoms with Crippen LogP contribution in [0.3, 0.4) is 0 Å². The fourth-order valence-electron chi connectivity index (χ4n) is 5.02. The van der Waals surface area contributed by atoms with Gasteiger partial charge in [0.25, 0.3) is 0 Å². The number of hydrogen-bond donors (Lipinski definition) is 1. The molecular weight excluding hydrogens is 487 g/mol. The fraction of sp³-hybridized carbons (Fsp3) is 0.467. The molecule has 1 aliphatic heterocycles. The Hall–Kier alpha value is -3.49. The normalized spacial score (nSPS) is 16.6. The molecule has 1 atom stereocenters. The monoisotopic (exact) mass is 521 g/mol. The summed E-state index contributed by atoms with van der Waals surface area (Å²) in [5.74, 6) is 6.54. The second kappa shape index (κ2) is 11.5. The number of piperidine rings is 1. The van der Waals surface area contributed by atoms with Crippen molar-refractivity contribution in [1.29, 1.82) is 5.26 Å². The van der Waals surface area contributed by atoms with Gasteiger partial charge in [0, 0.05) is 17.4 Å². The van der Waals surface area contributed by atoms with E-state index < -0.39 is 18.1 Å². The van der Waals surface area contributed by atoms with E-state index in [2.05, 4.69) is 40.2 Å². The number of alkyl halides is 3. The number of benzene rings is 1. The number of aromatic nitrogens is 2. The number of likely N-dealkylation sites (tertiary alicyclic amines) is 1. The van der Waals surface area contributed by atoms with Crippen LogP contribution in [0, 0.1) is 29.1 Å². The molecule has 1 N–H and O–H groups in total. The molecule has 3 aromatic rings. The first kappa shape index (κ1) is 27.5. The molecule has 0 aliphatic carbocycles. The van der Waals surface area contributed by atoms with Crippen molar-refractivity contribution in [2.75, 3.05) is 32.0 Å². The molecule has 1 unspecified atom stereocenters. The van der Waals surface area contributed by atoms with Crippen molar-refractivity contribution in [2.45, 2.75) is 57.7 Å². The predicted molar refractivity (Wildman–Crippen MR) is 145 cm³/mol. The quantitative estimate of drug-likeness (QED) is 0.380. The molecule has 4 rings (SSSR count). The number of pyridine rings is 1. The molecule has 200 valence electrons. The summed E-state index contributed by atoms with van der Waals surface area (Å²) in [6.07, 6.45) is 1.74. The minimum absolute atomic E-state index is 0.247. The maximum absolute atomic E-state index is 13.4. The molecule has 38 heavy (non-hydrogen) atoms. The van der Waals surface area contributed by atoms with Crippen molar-refractivity contribution < 1.29 is 13.2 Å². The second-order valence-electron chi connectivity index (χ2n) is 10.8. The zero-order valence-corrected chi connectivity index (χ0v) is 22.2. The summed E-state index contributed by atoms with van der Waals surface area (Å²) in [7, 11) is 2.16. The highest BCUT2D eigenvalue weighted by molar-refractivity contribution is 5.83. The Kier molecular flexibility index (Phi) is 8.33. The van der Waals surface area contributed by atoms with Crippen molar-refractivity contribution >= 4 is 16.6 Å². The van der Waals surface area contributed by atoms with Crippen LogP contribution in [-0.4, -0.2) is 47.3 Å². The molecule has 3 heterocycles. The fourth-order valence-corrected chi connectivity index (χ4v) is 5.02. The number of fused-ring (bicyclic) bond motifs is 1. The zero-order valence-electron chi connectivity index (χ0n) is 22.2. The molecule has 1 aliphatic rings. The summed E-state index contributed by atoms with van der Waals surface area (Å²) in [6, 6.07) is 13.3. The van der Waals surface area contributed by atoms with Crippen LogP contribution >= 0.6 is 0 Å². The number of hydrogen-bond acceptors (Lipinski definition) is 4. The summed E-state index contributed by atoms with van der Waals surface area (Å²) in [5.41, 5.74) is 2.73. The highest BCUT2D eigenvalue weighted by Gasteiger charge is 2.29. The third kappa shape index (κ3) is 7.08. The van der Waals surface area contributed by atoms with Crippen molar-refractivity contribution in [3.05, 3.63) is 59.5 Å². The Bertz CT molecular complexity index is 1350. The van der Waals surface area contributed by atoms with E-state index in [1.165, 1.54) is 17.4 Å². The number of halogens is 3. The SMILES string of the molecule is CN1CCCC(CCc2ccc3c(c2)cc(C#CCNc2ccc(C(C)(C)C#N)nc2)n3CC(F)(F)F)C1. The van der Waals surface area contributed by atoms with E-state index in [4.69, 9.17) is 0 Å². The molecule has 0 bridgehead atoms. The highest BCUT2D eigenvalue weighted by Crippen LogP contribution is 2.28. The van der Waals surface area contributed by atoms with E-state index >= 15 is 0 Å². The maximum Gasteiger partial charge on any atom is 0.406 e. The Labute approximate surface area is 222 Å². The molecule has 0 spiro atoms. The molecule has 1 saturated heterocycles. The summed E-state index contributed by atoms with van der Waals surface area (Å²) >= 11 is 0. The summed E-state index contributed by atoms with van der Waals surface area (Å²) < 4.78 is 41.5. The number of nitrogens with zero attached hydrogens (tertiary/aromatic N) is 4. The van der Waals surface area contributed by atoms with E-state index in [0.29, 0.717) is 22.8 Å². The first-order valence-corrected chi connectivity index (χ1v) is 13.0. The lowest BCUT2D eigenvalue weighted by molar-refractivity contribution is -0.140. The van der Waals surface area contributed by atoms with Crippen LogP contribution in [0.25, 0.3) is 10.9 Å². The number of aryl methyl sites for hydroxylation is 1. The smallest absolute Gasteiger partial charge is 0.373 e. The van der Waals surface area contributed by atoms with Crippen molar-refractivity contribution in [1.82, 2.24) is 14.5 Å². The molecule has 5 nitrogen and oxygen atoms in total. The van der Waals surface area contributed by atoms with Crippen LogP contribution in [0.4, 0.5) is 18.9 Å². The summed E-state index contributed by atoms with van der Waals surface area (Å²) in [6.45, 7) is 5.02. The van der Waals surface area contributed by atoms with E-state index in [-0.39, 0.29) is 6.54 Å². The van der Waals surface area contributed by atoms with E-state index in [9.17, 15) is 18.4 Å². The van der Waals surface area contributed by atoms with Gasteiger partial charge in [-0.25, -0.2) is 0 Å². The number of nitriles is 1. The first-order chi connectivity index (χ1) is 18.0. The topological polar surface area (TPSA) is 56.9 Å². The lowest BCUT2D eigenvalue weighted by Crippen LogP contribution is -2.32. The number of nitrogens with one attached hydrogen (secondary N) is 1. The summed E-state index contributed by atoms with van der Waals surface area (Å²) in [5, 5.41) is 13.2. The van der Waals surface area contributed by atoms with Crippen LogP contribution in [0.15, 0.2) is 42.6 Å². The molecule has 8 heteroatoms. The lowest BCUT2D eigenvalue weighted by Gasteiger charge is -2.29. The van der Waals surface area contributed by atoms with Gasteiger partial charge in [0.2, 0.25) is 0 Å². The zero-order chi connectivity index (χ0) is 27.3. The predicted octanol–water partition coefficient (Wildman–Crippen LogP) is 6.14. The van der Waals surface area contributed by atoms with E-state index in [1.54, 1.807) is 38.2 Å². The van der Waals surface area contributed by atoms with Gasteiger partial charge in [-0.1, -0.05) is 12.0 Å². The van der Waals surface area contributed by atoms with Gasteiger partial charge >= 0.3 is 6.18 Å². The third-order valence-corrected chi connectivity index (χ3v) is 7.15. The highest BCUT2D eigenvalue weighted by atomic mass is 19.4. The van der Waals surface area contributed by atoms with Gasteiger partial charge in [0.05, 0.1) is 41.3 Å². The van der Waals surface area contributed by atoms with Gasteiger partial charge in [0.1, 0.15) is 6.54 Å². The Morgan fingerprint density at radius 3 is 2.66 bits per heavy atom. The van der Waals surface area contributed by atoms with E-state index in [0.717, 1.165) is 42.6 Å². The van der Waals surface area contributed by atoms with E-state index in [1.807, 2.05) is 18.2 Å². The minimum Gasteiger partial charge on any atom is -0.373 e. The van der Waals surface area contributed by atoms with Crippen LogP contribution in [0.1, 0.15) is 50.1 Å². The van der Waals surface area contributed by atoms with Crippen molar-refractivity contribution in [3.63, 3.8) is 0 Å². The Morgan fingerprint density at radius 1 is 1.16 bits per heavy atom. The van der Waals surface area contributed by atoms with Gasteiger partial charge in [0.15, 0.2) is 0 Å². The van der Waals surface area contributed by atoms with Crippen LogP contribution in [-0.2, 0) is 18.4 Å². The number of anilines is 1. The van der Waals surface area contributed by atoms with Gasteiger partial charge in [-0.3, -0.25) is 4.98 Å². The van der Waals surface area contributed by atoms with Gasteiger partial charge in [-0.15, -0.1) is 0 Å². The molecule has 0 radical (unpaired) electrons. The minimum atomic E-state index is -4.35. The lowest BCUT2D eigenvalue weighted by atomic mass is 9.91. The average molecular weight is 522 g/mol. The molecule has 1 fully saturated rings. The molecular formula is C30H34F3N5. The molecule has 0 saturated carbocycles. The Balaban J connectivity index is 1.47. The molecule has 1 aromatic carbocycles.